The summed E-state index contributed by atoms with van der Waals surface area (Å²) in [6.45, 7) is 2.73. The fourth-order valence-corrected chi connectivity index (χ4v) is 6.74. The van der Waals surface area contributed by atoms with Gasteiger partial charge in [-0.3, -0.25) is 14.5 Å². The lowest BCUT2D eigenvalue weighted by Crippen LogP contribution is -2.38. The molecule has 5 rings (SSSR count). The number of carbonyl (C=O) groups excluding carboxylic acids is 3. The number of anilines is 1. The highest BCUT2D eigenvalue weighted by Gasteiger charge is 2.50. The Morgan fingerprint density at radius 2 is 1.69 bits per heavy atom. The summed E-state index contributed by atoms with van der Waals surface area (Å²) in [4.78, 5) is 40.1. The molecule has 4 aromatic carbocycles. The van der Waals surface area contributed by atoms with Gasteiger partial charge < -0.3 is 20.5 Å². The zero-order chi connectivity index (χ0) is 31.8. The van der Waals surface area contributed by atoms with Crippen molar-refractivity contribution in [3.8, 4) is 5.75 Å². The second-order valence-electron chi connectivity index (χ2n) is 10.8. The molecule has 0 aromatic heterocycles. The highest BCUT2D eigenvalue weighted by atomic mass is 35.5. The number of hydrogen-bond donors (Lipinski definition) is 2. The van der Waals surface area contributed by atoms with Gasteiger partial charge >= 0.3 is 6.09 Å². The highest BCUT2D eigenvalue weighted by Crippen LogP contribution is 2.52. The first kappa shape index (κ1) is 31.9. The summed E-state index contributed by atoms with van der Waals surface area (Å²) in [5, 5.41) is 2.99. The number of thioether (sulfide) groups is 1. The van der Waals surface area contributed by atoms with Crippen molar-refractivity contribution in [3.63, 3.8) is 0 Å². The third kappa shape index (κ3) is 8.17. The first-order valence-corrected chi connectivity index (χ1v) is 15.8. The molecule has 3 amide bonds. The van der Waals surface area contributed by atoms with Crippen LogP contribution >= 0.6 is 23.4 Å². The molecule has 0 spiro atoms. The minimum Gasteiger partial charge on any atom is -0.489 e. The van der Waals surface area contributed by atoms with Crippen molar-refractivity contribution in [1.82, 2.24) is 5.32 Å². The van der Waals surface area contributed by atoms with E-state index < -0.39 is 22.1 Å². The Morgan fingerprint density at radius 3 is 2.42 bits per heavy atom. The SMILES string of the molecule is C[C@]1(CCOC(=O)NCCc2cccc(Cl)c2)S[C@@H](c2ccc(OCc3ccccc3)cc2)N(c2cccc(C(N)=O)c2)C1=O. The largest absolute Gasteiger partial charge is 0.489 e. The van der Waals surface area contributed by atoms with Gasteiger partial charge in [0.1, 0.15) is 17.7 Å². The third-order valence-electron chi connectivity index (χ3n) is 7.48. The van der Waals surface area contributed by atoms with Crippen molar-refractivity contribution in [1.29, 1.82) is 0 Å². The van der Waals surface area contributed by atoms with E-state index in [1.165, 1.54) is 11.8 Å². The smallest absolute Gasteiger partial charge is 0.407 e. The molecular weight excluding hydrogens is 610 g/mol. The number of carbonyl (C=O) groups is 3. The molecule has 0 radical (unpaired) electrons. The quantitative estimate of drug-likeness (QED) is 0.173. The van der Waals surface area contributed by atoms with Crippen LogP contribution in [0.2, 0.25) is 5.02 Å². The topological polar surface area (TPSA) is 111 Å². The Morgan fingerprint density at radius 1 is 0.956 bits per heavy atom. The highest BCUT2D eigenvalue weighted by molar-refractivity contribution is 8.02. The predicted molar refractivity (Wildman–Crippen MR) is 178 cm³/mol. The van der Waals surface area contributed by atoms with Crippen molar-refractivity contribution in [3.05, 3.63) is 130 Å². The number of rotatable bonds is 12. The molecule has 0 aliphatic carbocycles. The standard InChI is InChI=1S/C35H34ClN3O5S/c1-35(18-20-43-34(42)38-19-17-24-9-5-11-28(36)21-24)33(41)39(29-12-6-10-27(22-29)31(37)40)32(45-35)26-13-15-30(16-14-26)44-23-25-7-3-2-4-8-25/h2-16,21-22,32H,17-20,23H2,1H3,(H2,37,40)(H,38,42)/t32-,35+/m0/s1. The summed E-state index contributed by atoms with van der Waals surface area (Å²) in [6.07, 6.45) is 0.349. The van der Waals surface area contributed by atoms with Crippen LogP contribution in [-0.4, -0.2) is 35.8 Å². The number of hydrogen-bond acceptors (Lipinski definition) is 6. The van der Waals surface area contributed by atoms with Gasteiger partial charge in [0.25, 0.3) is 0 Å². The van der Waals surface area contributed by atoms with Gasteiger partial charge in [0, 0.05) is 29.2 Å². The van der Waals surface area contributed by atoms with Gasteiger partial charge in [-0.1, -0.05) is 72.3 Å². The molecule has 45 heavy (non-hydrogen) atoms. The number of nitrogens with one attached hydrogen (secondary N) is 1. The normalized spacial score (nSPS) is 17.6. The van der Waals surface area contributed by atoms with Crippen LogP contribution in [0.1, 0.15) is 45.8 Å². The van der Waals surface area contributed by atoms with Gasteiger partial charge in [-0.05, 0) is 72.5 Å². The Balaban J connectivity index is 1.26. The molecular formula is C35H34ClN3O5S. The lowest BCUT2D eigenvalue weighted by atomic mass is 10.0. The lowest BCUT2D eigenvalue weighted by Gasteiger charge is -2.25. The van der Waals surface area contributed by atoms with E-state index in [1.54, 1.807) is 35.2 Å². The molecule has 3 N–H and O–H groups in total. The summed E-state index contributed by atoms with van der Waals surface area (Å²) in [5.74, 6) is -0.0321. The summed E-state index contributed by atoms with van der Waals surface area (Å²) < 4.78 is 10.5. The molecule has 1 fully saturated rings. The van der Waals surface area contributed by atoms with Gasteiger partial charge in [0.2, 0.25) is 11.8 Å². The fraction of sp³-hybridized carbons (Fsp3) is 0.229. The van der Waals surface area contributed by atoms with Crippen molar-refractivity contribution in [2.45, 2.75) is 36.5 Å². The first-order chi connectivity index (χ1) is 21.7. The Kier molecular flexibility index (Phi) is 10.3. The fourth-order valence-electron chi connectivity index (χ4n) is 5.02. The van der Waals surface area contributed by atoms with E-state index in [9.17, 15) is 14.4 Å². The van der Waals surface area contributed by atoms with E-state index in [0.717, 1.165) is 16.7 Å². The van der Waals surface area contributed by atoms with Crippen LogP contribution in [0.4, 0.5) is 10.5 Å². The summed E-state index contributed by atoms with van der Waals surface area (Å²) in [7, 11) is 0. The van der Waals surface area contributed by atoms with E-state index in [0.29, 0.717) is 48.0 Å². The molecule has 10 heteroatoms. The zero-order valence-corrected chi connectivity index (χ0v) is 26.4. The molecule has 4 aromatic rings. The third-order valence-corrected chi connectivity index (χ3v) is 9.32. The Labute approximate surface area is 271 Å². The van der Waals surface area contributed by atoms with Gasteiger partial charge in [-0.25, -0.2) is 4.79 Å². The van der Waals surface area contributed by atoms with E-state index in [2.05, 4.69) is 5.32 Å². The van der Waals surface area contributed by atoms with Crippen LogP contribution in [0.15, 0.2) is 103 Å². The molecule has 1 aliphatic heterocycles. The number of nitrogens with zero attached hydrogens (tertiary/aromatic N) is 1. The number of alkyl carbamates (subject to hydrolysis) is 1. The average Bonchev–Trinajstić information content (AvgIpc) is 3.30. The lowest BCUT2D eigenvalue weighted by molar-refractivity contribution is -0.120. The summed E-state index contributed by atoms with van der Waals surface area (Å²) >= 11 is 7.50. The Hall–Kier alpha value is -4.47. The van der Waals surface area contributed by atoms with Crippen LogP contribution in [-0.2, 0) is 22.6 Å². The van der Waals surface area contributed by atoms with E-state index in [1.807, 2.05) is 79.7 Å². The molecule has 0 unspecified atom stereocenters. The van der Waals surface area contributed by atoms with Crippen LogP contribution in [0.25, 0.3) is 0 Å². The molecule has 0 saturated carbocycles. The second-order valence-corrected chi connectivity index (χ2v) is 12.8. The molecule has 232 valence electrons. The second kappa shape index (κ2) is 14.5. The number of amides is 3. The molecule has 1 heterocycles. The van der Waals surface area contributed by atoms with Crippen molar-refractivity contribution < 1.29 is 23.9 Å². The van der Waals surface area contributed by atoms with Crippen molar-refractivity contribution >= 4 is 47.0 Å². The molecule has 0 bridgehead atoms. The van der Waals surface area contributed by atoms with Gasteiger partial charge in [-0.15, -0.1) is 11.8 Å². The van der Waals surface area contributed by atoms with Crippen molar-refractivity contribution in [2.24, 2.45) is 5.73 Å². The molecule has 1 saturated heterocycles. The first-order valence-electron chi connectivity index (χ1n) is 14.5. The van der Waals surface area contributed by atoms with Crippen molar-refractivity contribution in [2.75, 3.05) is 18.1 Å². The summed E-state index contributed by atoms with van der Waals surface area (Å²) in [6, 6.07) is 31.7. The number of halogens is 1. The monoisotopic (exact) mass is 643 g/mol. The minimum absolute atomic E-state index is 0.0480. The van der Waals surface area contributed by atoms with E-state index >= 15 is 0 Å². The number of ether oxygens (including phenoxy) is 2. The van der Waals surface area contributed by atoms with E-state index in [-0.39, 0.29) is 12.5 Å². The maximum absolute atomic E-state index is 14.0. The molecule has 1 aliphatic rings. The van der Waals surface area contributed by atoms with E-state index in [4.69, 9.17) is 26.8 Å². The van der Waals surface area contributed by atoms with Crippen LogP contribution in [0.3, 0.4) is 0 Å². The minimum atomic E-state index is -0.906. The number of benzene rings is 4. The molecule has 2 atom stereocenters. The summed E-state index contributed by atoms with van der Waals surface area (Å²) in [5.41, 5.74) is 9.36. The average molecular weight is 644 g/mol. The van der Waals surface area contributed by atoms with Gasteiger partial charge in [-0.2, -0.15) is 0 Å². The van der Waals surface area contributed by atoms with Gasteiger partial charge in [0.15, 0.2) is 0 Å². The number of nitrogens with two attached hydrogens (primary N) is 1. The van der Waals surface area contributed by atoms with Crippen LogP contribution in [0, 0.1) is 0 Å². The Bertz CT molecular complexity index is 1650. The maximum Gasteiger partial charge on any atom is 0.407 e. The zero-order valence-electron chi connectivity index (χ0n) is 24.8. The molecule has 8 nitrogen and oxygen atoms in total. The maximum atomic E-state index is 14.0. The predicted octanol–water partition coefficient (Wildman–Crippen LogP) is 6.91. The van der Waals surface area contributed by atoms with Gasteiger partial charge in [0.05, 0.1) is 11.4 Å². The van der Waals surface area contributed by atoms with Crippen LogP contribution < -0.4 is 20.7 Å². The van der Waals surface area contributed by atoms with Crippen LogP contribution in [0.5, 0.6) is 5.75 Å². The number of primary amides is 1.